The molecule has 0 bridgehead atoms. The topological polar surface area (TPSA) is 37.2 Å². The predicted octanol–water partition coefficient (Wildman–Crippen LogP) is 3.83. The Labute approximate surface area is 144 Å². The van der Waals surface area contributed by atoms with Crippen LogP contribution in [0, 0.1) is 5.92 Å². The maximum absolute atomic E-state index is 13.2. The molecule has 1 aliphatic carbocycles. The van der Waals surface area contributed by atoms with E-state index in [1.165, 1.54) is 12.2 Å². The summed E-state index contributed by atoms with van der Waals surface area (Å²) in [6.07, 6.45) is 0.884. The highest BCUT2D eigenvalue weighted by molar-refractivity contribution is 5.80. The van der Waals surface area contributed by atoms with Crippen LogP contribution in [-0.2, 0) is 0 Å². The van der Waals surface area contributed by atoms with E-state index < -0.39 is 24.2 Å². The fraction of sp³-hybridized carbons (Fsp3) is 0.368. The Balaban J connectivity index is 2.01. The van der Waals surface area contributed by atoms with Gasteiger partial charge in [-0.25, -0.2) is 0 Å². The van der Waals surface area contributed by atoms with Crippen molar-refractivity contribution in [1.29, 1.82) is 0 Å². The first kappa shape index (κ1) is 17.8. The third-order valence-electron chi connectivity index (χ3n) is 4.62. The summed E-state index contributed by atoms with van der Waals surface area (Å²) in [4.78, 5) is 0. The number of aliphatic hydroxyl groups excluding tert-OH is 1. The Morgan fingerprint density at radius 2 is 2.04 bits per heavy atom. The van der Waals surface area contributed by atoms with Crippen LogP contribution in [0.4, 0.5) is 13.2 Å². The second-order valence-electron chi connectivity index (χ2n) is 6.33. The van der Waals surface area contributed by atoms with Gasteiger partial charge in [0.05, 0.1) is 18.1 Å². The van der Waals surface area contributed by atoms with Gasteiger partial charge in [0.2, 0.25) is 0 Å². The standard InChI is InChI=1S/C19H21F3N2O/c1-23-12-17(25)18(14-6-4-7-15(11-14)19(20,21)22)24-10-9-13-5-2-3-8-16(13)24/h2-10,15,17-18,23,25H,11-12H2,1H3/t15?,17?,18-/m0/s1. The van der Waals surface area contributed by atoms with Gasteiger partial charge in [-0.15, -0.1) is 0 Å². The lowest BCUT2D eigenvalue weighted by Crippen LogP contribution is -2.35. The molecule has 3 nitrogen and oxygen atoms in total. The first-order valence-electron chi connectivity index (χ1n) is 8.24. The molecule has 3 atom stereocenters. The number of nitrogens with one attached hydrogen (secondary N) is 1. The normalized spacial score (nSPS) is 20.5. The van der Waals surface area contributed by atoms with Crippen molar-refractivity contribution in [2.45, 2.75) is 24.7 Å². The zero-order chi connectivity index (χ0) is 18.0. The molecular weight excluding hydrogens is 329 g/mol. The molecule has 0 saturated heterocycles. The number of para-hydroxylation sites is 1. The number of aliphatic hydroxyl groups is 1. The number of hydrogen-bond donors (Lipinski definition) is 2. The Morgan fingerprint density at radius 1 is 1.28 bits per heavy atom. The summed E-state index contributed by atoms with van der Waals surface area (Å²) in [5.74, 6) is -1.52. The average molecular weight is 350 g/mol. The Morgan fingerprint density at radius 3 is 2.76 bits per heavy atom. The molecule has 134 valence electrons. The van der Waals surface area contributed by atoms with Crippen LogP contribution in [0.25, 0.3) is 10.9 Å². The minimum atomic E-state index is -4.28. The van der Waals surface area contributed by atoms with E-state index in [4.69, 9.17) is 0 Å². The molecule has 0 spiro atoms. The summed E-state index contributed by atoms with van der Waals surface area (Å²) in [6.45, 7) is 0.287. The zero-order valence-electron chi connectivity index (χ0n) is 13.9. The van der Waals surface area contributed by atoms with Gasteiger partial charge in [-0.2, -0.15) is 13.2 Å². The summed E-state index contributed by atoms with van der Waals surface area (Å²) < 4.78 is 41.4. The lowest BCUT2D eigenvalue weighted by atomic mass is 9.87. The number of hydrogen-bond acceptors (Lipinski definition) is 2. The van der Waals surface area contributed by atoms with E-state index in [0.29, 0.717) is 5.57 Å². The number of aromatic nitrogens is 1. The van der Waals surface area contributed by atoms with Gasteiger partial charge in [-0.3, -0.25) is 0 Å². The SMILES string of the molecule is CNCC(O)[C@H](C1=CC=CC(C(F)(F)F)C1)n1ccc2ccccc21. The molecule has 2 unspecified atom stereocenters. The summed E-state index contributed by atoms with van der Waals surface area (Å²) >= 11 is 0. The first-order chi connectivity index (χ1) is 11.9. The van der Waals surface area contributed by atoms with Gasteiger partial charge in [0.15, 0.2) is 0 Å². The van der Waals surface area contributed by atoms with Gasteiger partial charge >= 0.3 is 6.18 Å². The van der Waals surface area contributed by atoms with Gasteiger partial charge in [-0.1, -0.05) is 36.4 Å². The Kier molecular flexibility index (Phi) is 5.01. The quantitative estimate of drug-likeness (QED) is 0.860. The van der Waals surface area contributed by atoms with Crippen LogP contribution in [0.5, 0.6) is 0 Å². The first-order valence-corrected chi connectivity index (χ1v) is 8.24. The van der Waals surface area contributed by atoms with E-state index in [9.17, 15) is 18.3 Å². The number of likely N-dealkylation sites (N-methyl/N-ethyl adjacent to an activating group) is 1. The van der Waals surface area contributed by atoms with Crippen molar-refractivity contribution in [3.63, 3.8) is 0 Å². The third-order valence-corrected chi connectivity index (χ3v) is 4.62. The molecule has 1 aromatic heterocycles. The summed E-state index contributed by atoms with van der Waals surface area (Å²) in [7, 11) is 1.71. The molecule has 0 amide bonds. The molecule has 3 rings (SSSR count). The lowest BCUT2D eigenvalue weighted by molar-refractivity contribution is -0.161. The van der Waals surface area contributed by atoms with E-state index >= 15 is 0 Å². The maximum atomic E-state index is 13.2. The average Bonchev–Trinajstić information content (AvgIpc) is 2.99. The second-order valence-corrected chi connectivity index (χ2v) is 6.33. The summed E-state index contributed by atoms with van der Waals surface area (Å²) in [5, 5.41) is 14.5. The fourth-order valence-corrected chi connectivity index (χ4v) is 3.43. The molecule has 1 aliphatic rings. The van der Waals surface area contributed by atoms with Crippen molar-refractivity contribution in [2.75, 3.05) is 13.6 Å². The van der Waals surface area contributed by atoms with Gasteiger partial charge in [-0.05, 0) is 36.6 Å². The number of allylic oxidation sites excluding steroid dienone is 3. The molecule has 0 aliphatic heterocycles. The number of nitrogens with zero attached hydrogens (tertiary/aromatic N) is 1. The molecule has 2 N–H and O–H groups in total. The van der Waals surface area contributed by atoms with Gasteiger partial charge in [0.25, 0.3) is 0 Å². The number of alkyl halides is 3. The van der Waals surface area contributed by atoms with Crippen molar-refractivity contribution < 1.29 is 18.3 Å². The minimum Gasteiger partial charge on any atom is -0.389 e. The monoisotopic (exact) mass is 350 g/mol. The molecule has 0 saturated carbocycles. The fourth-order valence-electron chi connectivity index (χ4n) is 3.43. The van der Waals surface area contributed by atoms with Gasteiger partial charge in [0, 0.05) is 18.3 Å². The largest absolute Gasteiger partial charge is 0.395 e. The maximum Gasteiger partial charge on any atom is 0.395 e. The van der Waals surface area contributed by atoms with Crippen LogP contribution in [-0.4, -0.2) is 35.5 Å². The van der Waals surface area contributed by atoms with Crippen LogP contribution in [0.15, 0.2) is 60.3 Å². The van der Waals surface area contributed by atoms with Crippen molar-refractivity contribution in [1.82, 2.24) is 9.88 Å². The number of fused-ring (bicyclic) bond motifs is 1. The third kappa shape index (κ3) is 3.65. The molecule has 25 heavy (non-hydrogen) atoms. The summed E-state index contributed by atoms with van der Waals surface area (Å²) in [5.41, 5.74) is 1.47. The van der Waals surface area contributed by atoms with Crippen molar-refractivity contribution in [3.8, 4) is 0 Å². The van der Waals surface area contributed by atoms with E-state index in [2.05, 4.69) is 5.32 Å². The molecule has 1 heterocycles. The highest BCUT2D eigenvalue weighted by Gasteiger charge is 2.40. The van der Waals surface area contributed by atoms with E-state index in [1.54, 1.807) is 13.1 Å². The van der Waals surface area contributed by atoms with Crippen molar-refractivity contribution >= 4 is 10.9 Å². The highest BCUT2D eigenvalue weighted by Crippen LogP contribution is 2.39. The van der Waals surface area contributed by atoms with Gasteiger partial charge in [0.1, 0.15) is 0 Å². The van der Waals surface area contributed by atoms with Crippen LogP contribution in [0.1, 0.15) is 12.5 Å². The molecule has 0 radical (unpaired) electrons. The molecule has 0 fully saturated rings. The number of benzene rings is 1. The number of halogens is 3. The molecule has 2 aromatic rings. The van der Waals surface area contributed by atoms with Crippen LogP contribution in [0.2, 0.25) is 0 Å². The smallest absolute Gasteiger partial charge is 0.389 e. The van der Waals surface area contributed by atoms with Gasteiger partial charge < -0.3 is 15.0 Å². The lowest BCUT2D eigenvalue weighted by Gasteiger charge is -2.31. The molecule has 6 heteroatoms. The van der Waals surface area contributed by atoms with Crippen LogP contribution >= 0.6 is 0 Å². The minimum absolute atomic E-state index is 0.141. The molecular formula is C19H21F3N2O. The highest BCUT2D eigenvalue weighted by atomic mass is 19.4. The zero-order valence-corrected chi connectivity index (χ0v) is 13.9. The van der Waals surface area contributed by atoms with Crippen molar-refractivity contribution in [3.05, 3.63) is 60.3 Å². The van der Waals surface area contributed by atoms with E-state index in [0.717, 1.165) is 10.9 Å². The predicted molar refractivity (Wildman–Crippen MR) is 92.3 cm³/mol. The van der Waals surface area contributed by atoms with E-state index in [1.807, 2.05) is 41.1 Å². The Bertz CT molecular complexity index is 791. The molecule has 1 aromatic carbocycles. The van der Waals surface area contributed by atoms with Crippen LogP contribution in [0.3, 0.4) is 0 Å². The van der Waals surface area contributed by atoms with Crippen molar-refractivity contribution in [2.24, 2.45) is 5.92 Å². The second kappa shape index (κ2) is 7.06. The Hall–Kier alpha value is -2.05. The summed E-state index contributed by atoms with van der Waals surface area (Å²) in [6, 6.07) is 9.01. The van der Waals surface area contributed by atoms with Crippen LogP contribution < -0.4 is 5.32 Å². The van der Waals surface area contributed by atoms with E-state index in [-0.39, 0.29) is 13.0 Å². The number of rotatable bonds is 5.